The summed E-state index contributed by atoms with van der Waals surface area (Å²) < 4.78 is 0. The minimum atomic E-state index is -1.24. The first-order chi connectivity index (χ1) is 6.64. The Balaban J connectivity index is 4.50. The summed E-state index contributed by atoms with van der Waals surface area (Å²) in [6, 6.07) is 0. The number of ketones is 1. The van der Waals surface area contributed by atoms with Crippen molar-refractivity contribution < 1.29 is 24.6 Å². The molecule has 0 spiro atoms. The fourth-order valence-electron chi connectivity index (χ4n) is 0.988. The molecule has 0 rings (SSSR count). The molecule has 0 bridgehead atoms. The second-order valence-corrected chi connectivity index (χ2v) is 4.51. The van der Waals surface area contributed by atoms with Crippen LogP contribution in [0.1, 0.15) is 33.6 Å². The van der Waals surface area contributed by atoms with E-state index in [4.69, 9.17) is 10.2 Å². The van der Waals surface area contributed by atoms with Gasteiger partial charge in [-0.3, -0.25) is 14.4 Å². The van der Waals surface area contributed by atoms with Gasteiger partial charge in [-0.05, 0) is 0 Å². The van der Waals surface area contributed by atoms with E-state index in [1.807, 2.05) is 0 Å². The molecule has 0 fully saturated rings. The normalized spacial score (nSPS) is 13.3. The van der Waals surface area contributed by atoms with Gasteiger partial charge in [-0.1, -0.05) is 20.8 Å². The van der Waals surface area contributed by atoms with Gasteiger partial charge >= 0.3 is 11.9 Å². The van der Waals surface area contributed by atoms with Crippen molar-refractivity contribution in [1.82, 2.24) is 0 Å². The quantitative estimate of drug-likeness (QED) is 0.719. The number of carbonyl (C=O) groups excluding carboxylic acids is 1. The fourth-order valence-corrected chi connectivity index (χ4v) is 0.988. The molecule has 0 saturated heterocycles. The van der Waals surface area contributed by atoms with Gasteiger partial charge in [-0.25, -0.2) is 0 Å². The molecule has 0 aromatic rings. The van der Waals surface area contributed by atoms with Crippen molar-refractivity contribution in [1.29, 1.82) is 0 Å². The summed E-state index contributed by atoms with van der Waals surface area (Å²) in [6.07, 6.45) is -0.748. The minimum Gasteiger partial charge on any atom is -0.481 e. The molecule has 0 heterocycles. The third-order valence-electron chi connectivity index (χ3n) is 2.04. The van der Waals surface area contributed by atoms with Crippen LogP contribution in [-0.4, -0.2) is 27.9 Å². The van der Waals surface area contributed by atoms with Crippen LogP contribution in [-0.2, 0) is 14.4 Å². The molecule has 0 aliphatic carbocycles. The Morgan fingerprint density at radius 1 is 1.07 bits per heavy atom. The van der Waals surface area contributed by atoms with Gasteiger partial charge in [0, 0.05) is 11.8 Å². The summed E-state index contributed by atoms with van der Waals surface area (Å²) >= 11 is 0. The van der Waals surface area contributed by atoms with Crippen LogP contribution in [0.2, 0.25) is 0 Å². The molecule has 0 aromatic carbocycles. The molecular weight excluding hydrogens is 200 g/mol. The summed E-state index contributed by atoms with van der Waals surface area (Å²) in [5.74, 6) is -3.82. The van der Waals surface area contributed by atoms with Gasteiger partial charge in [0.1, 0.15) is 5.78 Å². The zero-order valence-corrected chi connectivity index (χ0v) is 9.11. The molecule has 0 radical (unpaired) electrons. The maximum Gasteiger partial charge on any atom is 0.307 e. The van der Waals surface area contributed by atoms with Gasteiger partial charge in [0.25, 0.3) is 0 Å². The molecule has 86 valence electrons. The Morgan fingerprint density at radius 2 is 1.53 bits per heavy atom. The molecule has 0 aliphatic rings. The van der Waals surface area contributed by atoms with Crippen molar-refractivity contribution >= 4 is 17.7 Å². The summed E-state index contributed by atoms with van der Waals surface area (Å²) in [6.45, 7) is 5.03. The van der Waals surface area contributed by atoms with Crippen LogP contribution in [0.15, 0.2) is 0 Å². The lowest BCUT2D eigenvalue weighted by molar-refractivity contribution is -0.150. The number of carboxylic acid groups (broad SMARTS) is 2. The van der Waals surface area contributed by atoms with Gasteiger partial charge in [0.15, 0.2) is 0 Å². The van der Waals surface area contributed by atoms with Crippen LogP contribution < -0.4 is 0 Å². The van der Waals surface area contributed by atoms with Crippen LogP contribution in [0.4, 0.5) is 0 Å². The first kappa shape index (κ1) is 13.6. The molecule has 2 N–H and O–H groups in total. The topological polar surface area (TPSA) is 91.7 Å². The van der Waals surface area contributed by atoms with Crippen LogP contribution in [0.3, 0.4) is 0 Å². The van der Waals surface area contributed by atoms with Crippen molar-refractivity contribution in [3.63, 3.8) is 0 Å². The summed E-state index contributed by atoms with van der Waals surface area (Å²) in [5, 5.41) is 17.2. The highest BCUT2D eigenvalue weighted by Crippen LogP contribution is 2.21. The zero-order chi connectivity index (χ0) is 12.2. The first-order valence-corrected chi connectivity index (χ1v) is 4.62. The van der Waals surface area contributed by atoms with Crippen molar-refractivity contribution in [3.8, 4) is 0 Å². The van der Waals surface area contributed by atoms with E-state index in [1.54, 1.807) is 20.8 Å². The Morgan fingerprint density at radius 3 is 1.80 bits per heavy atom. The SMILES string of the molecule is CC(C)(C)C(=O)C[C@@H](CC(=O)O)C(=O)O. The highest BCUT2D eigenvalue weighted by atomic mass is 16.4. The number of hydrogen-bond donors (Lipinski definition) is 2. The van der Waals surface area contributed by atoms with Crippen molar-refractivity contribution in [2.45, 2.75) is 33.6 Å². The fraction of sp³-hybridized carbons (Fsp3) is 0.700. The van der Waals surface area contributed by atoms with Crippen LogP contribution >= 0.6 is 0 Å². The van der Waals surface area contributed by atoms with E-state index in [1.165, 1.54) is 0 Å². The third kappa shape index (κ3) is 5.15. The van der Waals surface area contributed by atoms with Gasteiger partial charge in [0.05, 0.1) is 12.3 Å². The van der Waals surface area contributed by atoms with E-state index in [0.29, 0.717) is 0 Å². The lowest BCUT2D eigenvalue weighted by Crippen LogP contribution is -2.27. The van der Waals surface area contributed by atoms with E-state index < -0.39 is 29.7 Å². The highest BCUT2D eigenvalue weighted by molar-refractivity contribution is 5.89. The Bertz CT molecular complexity index is 274. The molecule has 1 atom stereocenters. The van der Waals surface area contributed by atoms with E-state index in [0.717, 1.165) is 0 Å². The number of carboxylic acids is 2. The molecule has 0 amide bonds. The highest BCUT2D eigenvalue weighted by Gasteiger charge is 2.29. The summed E-state index contributed by atoms with van der Waals surface area (Å²) in [7, 11) is 0. The lowest BCUT2D eigenvalue weighted by atomic mass is 9.84. The number of hydrogen-bond acceptors (Lipinski definition) is 3. The Hall–Kier alpha value is -1.39. The lowest BCUT2D eigenvalue weighted by Gasteiger charge is -2.18. The average Bonchev–Trinajstić information content (AvgIpc) is 1.99. The molecule has 5 nitrogen and oxygen atoms in total. The van der Waals surface area contributed by atoms with Crippen LogP contribution in [0, 0.1) is 11.3 Å². The van der Waals surface area contributed by atoms with Gasteiger partial charge in [0.2, 0.25) is 0 Å². The predicted molar refractivity (Wildman–Crippen MR) is 52.5 cm³/mol. The monoisotopic (exact) mass is 216 g/mol. The van der Waals surface area contributed by atoms with Gasteiger partial charge < -0.3 is 10.2 Å². The number of aliphatic carboxylic acids is 2. The molecule has 0 unspecified atom stereocenters. The summed E-state index contributed by atoms with van der Waals surface area (Å²) in [4.78, 5) is 32.6. The smallest absolute Gasteiger partial charge is 0.307 e. The number of rotatable bonds is 5. The van der Waals surface area contributed by atoms with Gasteiger partial charge in [-0.15, -0.1) is 0 Å². The van der Waals surface area contributed by atoms with Crippen molar-refractivity contribution in [3.05, 3.63) is 0 Å². The second-order valence-electron chi connectivity index (χ2n) is 4.51. The maximum atomic E-state index is 11.5. The Labute approximate surface area is 88.1 Å². The first-order valence-electron chi connectivity index (χ1n) is 4.62. The maximum absolute atomic E-state index is 11.5. The second kappa shape index (κ2) is 4.91. The van der Waals surface area contributed by atoms with E-state index >= 15 is 0 Å². The van der Waals surface area contributed by atoms with Gasteiger partial charge in [-0.2, -0.15) is 0 Å². The minimum absolute atomic E-state index is 0.231. The van der Waals surface area contributed by atoms with Crippen LogP contribution in [0.5, 0.6) is 0 Å². The standard InChI is InChI=1S/C10H16O5/c1-10(2,3)7(11)4-6(9(14)15)5-8(12)13/h6H,4-5H2,1-3H3,(H,12,13)(H,14,15)/t6-/m0/s1. The number of Topliss-reactive ketones (excluding diaryl/α,β-unsaturated/α-hetero) is 1. The summed E-state index contributed by atoms with van der Waals surface area (Å²) in [5.41, 5.74) is -0.633. The van der Waals surface area contributed by atoms with Crippen molar-refractivity contribution in [2.75, 3.05) is 0 Å². The molecule has 15 heavy (non-hydrogen) atoms. The van der Waals surface area contributed by atoms with Crippen molar-refractivity contribution in [2.24, 2.45) is 11.3 Å². The zero-order valence-electron chi connectivity index (χ0n) is 9.11. The number of carbonyl (C=O) groups is 3. The predicted octanol–water partition coefficient (Wildman–Crippen LogP) is 1.17. The molecule has 0 saturated carbocycles. The van der Waals surface area contributed by atoms with E-state index in [2.05, 4.69) is 0 Å². The molecule has 0 aliphatic heterocycles. The van der Waals surface area contributed by atoms with Crippen LogP contribution in [0.25, 0.3) is 0 Å². The third-order valence-corrected chi connectivity index (χ3v) is 2.04. The largest absolute Gasteiger partial charge is 0.481 e. The average molecular weight is 216 g/mol. The molecule has 5 heteroatoms. The molecule has 0 aromatic heterocycles. The van der Waals surface area contributed by atoms with E-state index in [-0.39, 0.29) is 12.2 Å². The van der Waals surface area contributed by atoms with E-state index in [9.17, 15) is 14.4 Å². The molecular formula is C10H16O5. The Kier molecular flexibility index (Phi) is 4.45.